The van der Waals surface area contributed by atoms with Crippen LogP contribution in [0.15, 0.2) is 72.9 Å². The zero-order chi connectivity index (χ0) is 42.8. The highest BCUT2D eigenvalue weighted by Crippen LogP contribution is 2.38. The van der Waals surface area contributed by atoms with Crippen LogP contribution in [0.5, 0.6) is 0 Å². The lowest BCUT2D eigenvalue weighted by Crippen LogP contribution is -2.37. The van der Waals surface area contributed by atoms with E-state index in [-0.39, 0.29) is 26.1 Å². The van der Waals surface area contributed by atoms with E-state index in [4.69, 9.17) is 18.5 Å². The zero-order valence-electron chi connectivity index (χ0n) is 37.5. The number of esters is 2. The van der Waals surface area contributed by atoms with Gasteiger partial charge in [0.05, 0.1) is 27.7 Å². The molecule has 0 spiro atoms. The molecule has 0 heterocycles. The van der Waals surface area contributed by atoms with Crippen molar-refractivity contribution in [2.75, 3.05) is 47.5 Å². The quantitative estimate of drug-likeness (QED) is 0.0197. The number of hydrogen-bond donors (Lipinski definition) is 0. The van der Waals surface area contributed by atoms with Crippen LogP contribution in [0.4, 0.5) is 0 Å². The van der Waals surface area contributed by atoms with Gasteiger partial charge in [-0.1, -0.05) is 151 Å². The van der Waals surface area contributed by atoms with E-state index in [2.05, 4.69) is 86.8 Å². The molecule has 58 heavy (non-hydrogen) atoms. The smallest absolute Gasteiger partial charge is 0.306 e. The first-order valence-electron chi connectivity index (χ1n) is 22.6. The fourth-order valence-electron chi connectivity index (χ4n) is 5.66. The molecule has 0 aliphatic carbocycles. The SMILES string of the molecule is CC/C=C\C/C=C\C/C=C\C/C=C\C/C=C\CCCCCCCCCC(=O)OC(COC(=O)CCCCCCC/C=C\CCCC)COP(=O)([O-])OCC[N+](C)(C)C. The predicted octanol–water partition coefficient (Wildman–Crippen LogP) is 12.4. The monoisotopic (exact) mass is 834 g/mol. The highest BCUT2D eigenvalue weighted by Gasteiger charge is 2.21. The average Bonchev–Trinajstić information content (AvgIpc) is 3.17. The molecule has 0 amide bonds. The first-order valence-corrected chi connectivity index (χ1v) is 24.1. The van der Waals surface area contributed by atoms with Gasteiger partial charge in [-0.05, 0) is 77.0 Å². The second-order valence-corrected chi connectivity index (χ2v) is 17.4. The Morgan fingerprint density at radius 2 is 0.983 bits per heavy atom. The summed E-state index contributed by atoms with van der Waals surface area (Å²) in [5.41, 5.74) is 0. The number of phosphoric acid groups is 1. The lowest BCUT2D eigenvalue weighted by molar-refractivity contribution is -0.870. The minimum atomic E-state index is -4.63. The van der Waals surface area contributed by atoms with Crippen LogP contribution in [-0.2, 0) is 32.7 Å². The van der Waals surface area contributed by atoms with E-state index in [1.165, 1.54) is 32.1 Å². The van der Waals surface area contributed by atoms with Gasteiger partial charge in [0, 0.05) is 12.8 Å². The molecule has 0 aromatic heterocycles. The number of likely N-dealkylation sites (N-methyl/N-ethyl adjacent to an activating group) is 1. The minimum Gasteiger partial charge on any atom is -0.756 e. The summed E-state index contributed by atoms with van der Waals surface area (Å²) in [6.07, 6.45) is 49.3. The molecule has 10 heteroatoms. The van der Waals surface area contributed by atoms with Gasteiger partial charge in [-0.3, -0.25) is 14.2 Å². The van der Waals surface area contributed by atoms with Crippen LogP contribution in [0.25, 0.3) is 0 Å². The first kappa shape index (κ1) is 55.5. The fourth-order valence-corrected chi connectivity index (χ4v) is 6.39. The molecule has 0 N–H and O–H groups in total. The minimum absolute atomic E-state index is 0.0380. The van der Waals surface area contributed by atoms with Crippen LogP contribution in [0.3, 0.4) is 0 Å². The summed E-state index contributed by atoms with van der Waals surface area (Å²) >= 11 is 0. The molecule has 0 saturated heterocycles. The van der Waals surface area contributed by atoms with Crippen molar-refractivity contribution in [2.45, 2.75) is 174 Å². The maximum absolute atomic E-state index is 12.7. The van der Waals surface area contributed by atoms with Crippen LogP contribution >= 0.6 is 7.82 Å². The number of carbonyl (C=O) groups is 2. The Balaban J connectivity index is 4.32. The summed E-state index contributed by atoms with van der Waals surface area (Å²) in [4.78, 5) is 37.5. The van der Waals surface area contributed by atoms with Crippen LogP contribution in [0.2, 0.25) is 0 Å². The molecule has 0 bridgehead atoms. The molecule has 0 rings (SSSR count). The van der Waals surface area contributed by atoms with Gasteiger partial charge in [0.1, 0.15) is 19.8 Å². The van der Waals surface area contributed by atoms with Gasteiger partial charge in [-0.2, -0.15) is 0 Å². The number of ether oxygens (including phenoxy) is 2. The average molecular weight is 834 g/mol. The number of allylic oxidation sites excluding steroid dienone is 12. The van der Waals surface area contributed by atoms with Crippen molar-refractivity contribution in [3.63, 3.8) is 0 Å². The molecule has 0 aliphatic heterocycles. The summed E-state index contributed by atoms with van der Waals surface area (Å²) in [7, 11) is 1.14. The molecule has 0 radical (unpaired) electrons. The molecule has 0 fully saturated rings. The van der Waals surface area contributed by atoms with Crippen molar-refractivity contribution in [3.8, 4) is 0 Å². The maximum atomic E-state index is 12.7. The normalized spacial score (nSPS) is 14.2. The Hall–Kier alpha value is -2.55. The standard InChI is InChI=1S/C48H84NO8P/c1-6-8-10-12-14-16-18-19-20-21-22-23-24-25-26-27-28-29-31-33-35-37-39-41-48(51)57-46(45-56-58(52,53)55-43-42-49(3,4)5)44-54-47(50)40-38-36-34-32-30-17-15-13-11-9-7-2/h8,10,13-16,19-20,22-23,25-26,46H,6-7,9,11-12,17-18,21,24,27-45H2,1-5H3/b10-8-,15-13-,16-14-,20-19-,23-22-,26-25-. The Kier molecular flexibility index (Phi) is 38.1. The van der Waals surface area contributed by atoms with Crippen molar-refractivity contribution >= 4 is 19.8 Å². The van der Waals surface area contributed by atoms with Gasteiger partial charge in [-0.15, -0.1) is 0 Å². The highest BCUT2D eigenvalue weighted by atomic mass is 31.2. The number of nitrogens with zero attached hydrogens (tertiary/aromatic N) is 1. The predicted molar refractivity (Wildman–Crippen MR) is 240 cm³/mol. The lowest BCUT2D eigenvalue weighted by atomic mass is 10.1. The summed E-state index contributed by atoms with van der Waals surface area (Å²) < 4.78 is 33.9. The third-order valence-electron chi connectivity index (χ3n) is 9.21. The Bertz CT molecular complexity index is 1220. The number of quaternary nitrogens is 1. The molecular formula is C48H84NO8P. The maximum Gasteiger partial charge on any atom is 0.306 e. The Morgan fingerprint density at radius 1 is 0.552 bits per heavy atom. The topological polar surface area (TPSA) is 111 Å². The molecule has 9 nitrogen and oxygen atoms in total. The third kappa shape index (κ3) is 43.0. The van der Waals surface area contributed by atoms with Gasteiger partial charge < -0.3 is 27.9 Å². The molecule has 0 aliphatic rings. The largest absolute Gasteiger partial charge is 0.756 e. The van der Waals surface area contributed by atoms with Crippen molar-refractivity contribution in [1.82, 2.24) is 0 Å². The van der Waals surface area contributed by atoms with E-state index >= 15 is 0 Å². The van der Waals surface area contributed by atoms with E-state index in [1.807, 2.05) is 21.1 Å². The van der Waals surface area contributed by atoms with Crippen molar-refractivity contribution < 1.29 is 42.1 Å². The number of rotatable bonds is 40. The molecular weight excluding hydrogens is 750 g/mol. The van der Waals surface area contributed by atoms with Crippen molar-refractivity contribution in [1.29, 1.82) is 0 Å². The van der Waals surface area contributed by atoms with Gasteiger partial charge in [0.25, 0.3) is 7.82 Å². The number of phosphoric ester groups is 1. The molecule has 0 aromatic carbocycles. The highest BCUT2D eigenvalue weighted by molar-refractivity contribution is 7.45. The second kappa shape index (κ2) is 39.9. The first-order chi connectivity index (χ1) is 28.0. The molecule has 334 valence electrons. The van der Waals surface area contributed by atoms with E-state index in [9.17, 15) is 19.0 Å². The lowest BCUT2D eigenvalue weighted by Gasteiger charge is -2.28. The fraction of sp³-hybridized carbons (Fsp3) is 0.708. The van der Waals surface area contributed by atoms with E-state index in [1.54, 1.807) is 0 Å². The van der Waals surface area contributed by atoms with Crippen LogP contribution in [0.1, 0.15) is 168 Å². The van der Waals surface area contributed by atoms with E-state index < -0.39 is 32.5 Å². The van der Waals surface area contributed by atoms with E-state index in [0.29, 0.717) is 23.9 Å². The van der Waals surface area contributed by atoms with Gasteiger partial charge in [-0.25, -0.2) is 0 Å². The number of hydrogen-bond acceptors (Lipinski definition) is 8. The summed E-state index contributed by atoms with van der Waals surface area (Å²) in [5.74, 6) is -0.865. The van der Waals surface area contributed by atoms with E-state index in [0.717, 1.165) is 96.3 Å². The third-order valence-corrected chi connectivity index (χ3v) is 10.2. The Morgan fingerprint density at radius 3 is 1.48 bits per heavy atom. The number of carbonyl (C=O) groups excluding carboxylic acids is 2. The molecule has 2 unspecified atom stereocenters. The summed E-state index contributed by atoms with van der Waals surface area (Å²) in [5, 5.41) is 0. The van der Waals surface area contributed by atoms with Crippen molar-refractivity contribution in [3.05, 3.63) is 72.9 Å². The van der Waals surface area contributed by atoms with Crippen molar-refractivity contribution in [2.24, 2.45) is 0 Å². The molecule has 2 atom stereocenters. The Labute approximate surface area is 355 Å². The zero-order valence-corrected chi connectivity index (χ0v) is 38.4. The molecule has 0 saturated carbocycles. The summed E-state index contributed by atoms with van der Waals surface area (Å²) in [6.45, 7) is 4.03. The van der Waals surface area contributed by atoms with Crippen LogP contribution in [-0.4, -0.2) is 70.0 Å². The van der Waals surface area contributed by atoms with Crippen LogP contribution < -0.4 is 4.89 Å². The summed E-state index contributed by atoms with van der Waals surface area (Å²) in [6, 6.07) is 0. The van der Waals surface area contributed by atoms with Gasteiger partial charge >= 0.3 is 11.9 Å². The number of unbranched alkanes of at least 4 members (excludes halogenated alkanes) is 14. The second-order valence-electron chi connectivity index (χ2n) is 16.0. The molecule has 0 aromatic rings. The van der Waals surface area contributed by atoms with Crippen LogP contribution in [0, 0.1) is 0 Å². The van der Waals surface area contributed by atoms with Gasteiger partial charge in [0.2, 0.25) is 0 Å². The van der Waals surface area contributed by atoms with Gasteiger partial charge in [0.15, 0.2) is 6.10 Å².